The SMILES string of the molecule is CCc1ccc(C(O)P(=O)(O)O)cc1. The molecule has 1 atom stereocenters. The third-order valence-electron chi connectivity index (χ3n) is 2.00. The molecule has 0 fully saturated rings. The van der Waals surface area contributed by atoms with Gasteiger partial charge in [0.25, 0.3) is 0 Å². The summed E-state index contributed by atoms with van der Waals surface area (Å²) in [6.07, 6.45) is 0.853. The highest BCUT2D eigenvalue weighted by Crippen LogP contribution is 2.49. The van der Waals surface area contributed by atoms with Crippen LogP contribution in [-0.4, -0.2) is 14.9 Å². The Balaban J connectivity index is 2.92. The van der Waals surface area contributed by atoms with Crippen LogP contribution in [-0.2, 0) is 11.0 Å². The summed E-state index contributed by atoms with van der Waals surface area (Å²) in [4.78, 5) is 17.5. The Morgan fingerprint density at radius 1 is 1.29 bits per heavy atom. The maximum atomic E-state index is 10.7. The topological polar surface area (TPSA) is 77.8 Å². The third-order valence-corrected chi connectivity index (χ3v) is 2.94. The number of hydrogen-bond acceptors (Lipinski definition) is 2. The Hall–Kier alpha value is -0.670. The predicted molar refractivity (Wildman–Crippen MR) is 52.8 cm³/mol. The molecular formula is C9H13O4P. The van der Waals surface area contributed by atoms with Gasteiger partial charge in [0.1, 0.15) is 0 Å². The summed E-state index contributed by atoms with van der Waals surface area (Å²) in [5.74, 6) is -1.71. The number of benzene rings is 1. The van der Waals surface area contributed by atoms with Gasteiger partial charge in [0.2, 0.25) is 0 Å². The molecule has 5 heteroatoms. The fourth-order valence-corrected chi connectivity index (χ4v) is 1.68. The van der Waals surface area contributed by atoms with Crippen LogP contribution in [0.25, 0.3) is 0 Å². The van der Waals surface area contributed by atoms with Gasteiger partial charge in [0, 0.05) is 0 Å². The van der Waals surface area contributed by atoms with Gasteiger partial charge in [-0.25, -0.2) is 0 Å². The normalized spacial score (nSPS) is 14.0. The van der Waals surface area contributed by atoms with Gasteiger partial charge in [-0.1, -0.05) is 31.2 Å². The zero-order valence-electron chi connectivity index (χ0n) is 7.79. The van der Waals surface area contributed by atoms with Crippen molar-refractivity contribution in [1.82, 2.24) is 0 Å². The van der Waals surface area contributed by atoms with Crippen molar-refractivity contribution >= 4 is 7.60 Å². The van der Waals surface area contributed by atoms with E-state index in [2.05, 4.69) is 0 Å². The van der Waals surface area contributed by atoms with Crippen LogP contribution in [0.15, 0.2) is 24.3 Å². The summed E-state index contributed by atoms with van der Waals surface area (Å²) in [5.41, 5.74) is 1.31. The number of rotatable bonds is 3. The van der Waals surface area contributed by atoms with Crippen molar-refractivity contribution < 1.29 is 19.5 Å². The minimum absolute atomic E-state index is 0.246. The van der Waals surface area contributed by atoms with Crippen LogP contribution in [0.5, 0.6) is 0 Å². The molecule has 0 aromatic heterocycles. The Bertz CT molecular complexity index is 340. The first kappa shape index (κ1) is 11.4. The van der Waals surface area contributed by atoms with Gasteiger partial charge in [0.05, 0.1) is 0 Å². The molecule has 0 aliphatic rings. The molecule has 3 N–H and O–H groups in total. The van der Waals surface area contributed by atoms with Crippen molar-refractivity contribution in [2.45, 2.75) is 19.2 Å². The van der Waals surface area contributed by atoms with E-state index in [0.29, 0.717) is 0 Å². The third kappa shape index (κ3) is 2.66. The molecular weight excluding hydrogens is 203 g/mol. The van der Waals surface area contributed by atoms with E-state index >= 15 is 0 Å². The highest BCUT2D eigenvalue weighted by molar-refractivity contribution is 7.51. The van der Waals surface area contributed by atoms with Crippen LogP contribution < -0.4 is 0 Å². The molecule has 0 aliphatic heterocycles. The lowest BCUT2D eigenvalue weighted by Gasteiger charge is -2.12. The van der Waals surface area contributed by atoms with Crippen molar-refractivity contribution in [1.29, 1.82) is 0 Å². The first-order chi connectivity index (χ1) is 6.45. The minimum atomic E-state index is -4.45. The maximum absolute atomic E-state index is 10.7. The summed E-state index contributed by atoms with van der Waals surface area (Å²) < 4.78 is 10.7. The molecule has 78 valence electrons. The average molecular weight is 216 g/mol. The van der Waals surface area contributed by atoms with Crippen molar-refractivity contribution in [3.63, 3.8) is 0 Å². The molecule has 0 amide bonds. The molecule has 4 nitrogen and oxygen atoms in total. The van der Waals surface area contributed by atoms with Gasteiger partial charge in [-0.2, -0.15) is 0 Å². The Kier molecular flexibility index (Phi) is 3.45. The van der Waals surface area contributed by atoms with Crippen molar-refractivity contribution in [2.24, 2.45) is 0 Å². The first-order valence-corrected chi connectivity index (χ1v) is 5.95. The Labute approximate surface area is 82.4 Å². The first-order valence-electron chi connectivity index (χ1n) is 4.27. The van der Waals surface area contributed by atoms with Gasteiger partial charge in [-0.05, 0) is 17.5 Å². The largest absolute Gasteiger partial charge is 0.376 e. The molecule has 14 heavy (non-hydrogen) atoms. The predicted octanol–water partition coefficient (Wildman–Crippen LogP) is 1.42. The molecule has 0 radical (unpaired) electrons. The molecule has 0 spiro atoms. The van der Waals surface area contributed by atoms with Crippen LogP contribution in [0.4, 0.5) is 0 Å². The van der Waals surface area contributed by atoms with Gasteiger partial charge < -0.3 is 14.9 Å². The maximum Gasteiger partial charge on any atom is 0.358 e. The van der Waals surface area contributed by atoms with E-state index in [1.165, 1.54) is 12.1 Å². The van der Waals surface area contributed by atoms with E-state index in [1.54, 1.807) is 12.1 Å². The standard InChI is InChI=1S/C9H13O4P/c1-2-7-3-5-8(6-4-7)9(10)14(11,12)13/h3-6,9-10H,2H2,1H3,(H2,11,12,13). The van der Waals surface area contributed by atoms with E-state index in [4.69, 9.17) is 9.79 Å². The quantitative estimate of drug-likeness (QED) is 0.667. The molecule has 1 unspecified atom stereocenters. The second-order valence-corrected chi connectivity index (χ2v) is 4.73. The zero-order chi connectivity index (χ0) is 10.8. The second-order valence-electron chi connectivity index (χ2n) is 3.06. The van der Waals surface area contributed by atoms with Crippen molar-refractivity contribution in [3.8, 4) is 0 Å². The molecule has 1 aromatic carbocycles. The lowest BCUT2D eigenvalue weighted by Crippen LogP contribution is -1.98. The molecule has 0 aliphatic carbocycles. The average Bonchev–Trinajstić information content (AvgIpc) is 2.15. The van der Waals surface area contributed by atoms with E-state index in [9.17, 15) is 9.67 Å². The highest BCUT2D eigenvalue weighted by Gasteiger charge is 2.27. The fourth-order valence-electron chi connectivity index (χ4n) is 1.12. The van der Waals surface area contributed by atoms with Gasteiger partial charge >= 0.3 is 7.60 Å². The molecule has 0 bridgehead atoms. The Morgan fingerprint density at radius 2 is 1.79 bits per heavy atom. The number of aliphatic hydroxyl groups is 1. The molecule has 0 saturated heterocycles. The summed E-state index contributed by atoms with van der Waals surface area (Å²) in [6, 6.07) is 6.55. The summed E-state index contributed by atoms with van der Waals surface area (Å²) in [5, 5.41) is 9.26. The fraction of sp³-hybridized carbons (Fsp3) is 0.333. The summed E-state index contributed by atoms with van der Waals surface area (Å²) >= 11 is 0. The molecule has 0 heterocycles. The highest BCUT2D eigenvalue weighted by atomic mass is 31.2. The van der Waals surface area contributed by atoms with Gasteiger partial charge in [0.15, 0.2) is 5.85 Å². The van der Waals surface area contributed by atoms with E-state index < -0.39 is 13.4 Å². The number of aliphatic hydroxyl groups excluding tert-OH is 1. The van der Waals surface area contributed by atoms with Gasteiger partial charge in [-0.15, -0.1) is 0 Å². The minimum Gasteiger partial charge on any atom is -0.376 e. The zero-order valence-corrected chi connectivity index (χ0v) is 8.69. The van der Waals surface area contributed by atoms with E-state index in [-0.39, 0.29) is 5.56 Å². The van der Waals surface area contributed by atoms with E-state index in [1.807, 2.05) is 6.92 Å². The van der Waals surface area contributed by atoms with E-state index in [0.717, 1.165) is 12.0 Å². The summed E-state index contributed by atoms with van der Waals surface area (Å²) in [6.45, 7) is 1.98. The summed E-state index contributed by atoms with van der Waals surface area (Å²) in [7, 11) is -4.45. The monoisotopic (exact) mass is 216 g/mol. The van der Waals surface area contributed by atoms with Crippen LogP contribution in [0.2, 0.25) is 0 Å². The molecule has 1 rings (SSSR count). The van der Waals surface area contributed by atoms with Crippen molar-refractivity contribution in [3.05, 3.63) is 35.4 Å². The van der Waals surface area contributed by atoms with Gasteiger partial charge in [-0.3, -0.25) is 4.57 Å². The Morgan fingerprint density at radius 3 is 2.14 bits per heavy atom. The second kappa shape index (κ2) is 4.24. The van der Waals surface area contributed by atoms with Crippen LogP contribution >= 0.6 is 7.60 Å². The van der Waals surface area contributed by atoms with Crippen LogP contribution in [0.1, 0.15) is 23.9 Å². The lowest BCUT2D eigenvalue weighted by molar-refractivity contribution is 0.205. The lowest BCUT2D eigenvalue weighted by atomic mass is 10.1. The molecule has 0 saturated carbocycles. The van der Waals surface area contributed by atoms with Crippen molar-refractivity contribution in [2.75, 3.05) is 0 Å². The number of aryl methyl sites for hydroxylation is 1. The number of hydrogen-bond donors (Lipinski definition) is 3. The van der Waals surface area contributed by atoms with Crippen LogP contribution in [0.3, 0.4) is 0 Å². The smallest absolute Gasteiger partial charge is 0.358 e. The molecule has 1 aromatic rings. The van der Waals surface area contributed by atoms with Crippen LogP contribution in [0, 0.1) is 0 Å².